The number of benzene rings is 3. The Balaban J connectivity index is 1.46. The number of nitrogens with zero attached hydrogens (tertiary/aromatic N) is 5. The Labute approximate surface area is 202 Å². The first-order chi connectivity index (χ1) is 16.7. The number of para-hydroxylation sites is 1. The summed E-state index contributed by atoms with van der Waals surface area (Å²) in [5.41, 5.74) is 9.15. The minimum Gasteiger partial charge on any atom is -0.494 e. The average molecular weight is 469 g/mol. The van der Waals surface area contributed by atoms with E-state index in [0.29, 0.717) is 30.4 Å². The molecule has 8 heteroatoms. The number of ether oxygens (including phenoxy) is 1. The number of thioether (sulfide) groups is 1. The van der Waals surface area contributed by atoms with Gasteiger partial charge in [-0.1, -0.05) is 54.2 Å². The van der Waals surface area contributed by atoms with Crippen molar-refractivity contribution in [2.24, 2.45) is 0 Å². The molecule has 5 aromatic rings. The molecule has 2 N–H and O–H groups in total. The van der Waals surface area contributed by atoms with Crippen LogP contribution < -0.4 is 10.5 Å². The second-order valence-corrected chi connectivity index (χ2v) is 8.60. The maximum absolute atomic E-state index is 6.17. The van der Waals surface area contributed by atoms with Gasteiger partial charge in [-0.2, -0.15) is 0 Å². The minimum absolute atomic E-state index is 0.485. The van der Waals surface area contributed by atoms with Crippen LogP contribution in [0.25, 0.3) is 16.6 Å². The molecule has 0 unspecified atom stereocenters. The van der Waals surface area contributed by atoms with Crippen LogP contribution in [0.15, 0.2) is 84.0 Å². The number of anilines is 1. The van der Waals surface area contributed by atoms with Crippen LogP contribution in [0, 0.1) is 0 Å². The summed E-state index contributed by atoms with van der Waals surface area (Å²) in [6, 6.07) is 26.0. The smallest absolute Gasteiger partial charge is 0.196 e. The highest BCUT2D eigenvalue weighted by Crippen LogP contribution is 2.28. The Bertz CT molecular complexity index is 1400. The molecule has 0 aliphatic rings. The predicted octanol–water partition coefficient (Wildman–Crippen LogP) is 5.07. The second kappa shape index (κ2) is 9.93. The van der Waals surface area contributed by atoms with E-state index in [1.807, 2.05) is 73.7 Å². The molecular formula is C26H24N6OS. The van der Waals surface area contributed by atoms with Crippen molar-refractivity contribution in [2.45, 2.75) is 24.3 Å². The van der Waals surface area contributed by atoms with Crippen LogP contribution in [0.2, 0.25) is 0 Å². The topological polar surface area (TPSA) is 91.7 Å². The van der Waals surface area contributed by atoms with E-state index < -0.39 is 0 Å². The summed E-state index contributed by atoms with van der Waals surface area (Å²) in [5.74, 6) is 3.36. The third-order valence-electron chi connectivity index (χ3n) is 5.32. The molecule has 170 valence electrons. The van der Waals surface area contributed by atoms with Crippen molar-refractivity contribution in [3.8, 4) is 11.4 Å². The first-order valence-corrected chi connectivity index (χ1v) is 12.0. The first-order valence-electron chi connectivity index (χ1n) is 11.1. The summed E-state index contributed by atoms with van der Waals surface area (Å²) < 4.78 is 7.69. The number of fused-ring (bicyclic) bond motifs is 1. The molecule has 0 saturated carbocycles. The standard InChI is InChI=1S/C26H24N6OS/c1-2-33-20-14-12-19(13-15-20)32-24(16-18-8-4-3-5-9-18)30-31-26(32)34-17-23-28-22-11-7-6-10-21(22)25(27)29-23/h3-15H,2,16-17H2,1H3,(H2,27,28,29). The van der Waals surface area contributed by atoms with Gasteiger partial charge in [0.05, 0.1) is 17.9 Å². The molecule has 7 nitrogen and oxygen atoms in total. The van der Waals surface area contributed by atoms with Crippen molar-refractivity contribution in [3.05, 3.63) is 96.1 Å². The molecule has 0 saturated heterocycles. The molecule has 0 aliphatic carbocycles. The van der Waals surface area contributed by atoms with Gasteiger partial charge in [-0.15, -0.1) is 10.2 Å². The number of nitrogens with two attached hydrogens (primary N) is 1. The van der Waals surface area contributed by atoms with Gasteiger partial charge >= 0.3 is 0 Å². The van der Waals surface area contributed by atoms with Gasteiger partial charge in [-0.3, -0.25) is 4.57 Å². The van der Waals surface area contributed by atoms with Gasteiger partial charge in [0.1, 0.15) is 23.2 Å². The lowest BCUT2D eigenvalue weighted by Gasteiger charge is -2.12. The Morgan fingerprint density at radius 2 is 1.65 bits per heavy atom. The number of hydrogen-bond donors (Lipinski definition) is 1. The van der Waals surface area contributed by atoms with Gasteiger partial charge in [-0.05, 0) is 48.9 Å². The summed E-state index contributed by atoms with van der Waals surface area (Å²) in [6.07, 6.45) is 0.668. The van der Waals surface area contributed by atoms with E-state index in [0.717, 1.165) is 33.3 Å². The molecule has 3 aromatic carbocycles. The summed E-state index contributed by atoms with van der Waals surface area (Å²) >= 11 is 1.54. The third kappa shape index (κ3) is 4.72. The van der Waals surface area contributed by atoms with E-state index in [1.165, 1.54) is 17.3 Å². The molecule has 0 atom stereocenters. The molecule has 0 fully saturated rings. The Morgan fingerprint density at radius 1 is 0.882 bits per heavy atom. The maximum atomic E-state index is 6.17. The van der Waals surface area contributed by atoms with Crippen LogP contribution >= 0.6 is 11.8 Å². The van der Waals surface area contributed by atoms with Gasteiger partial charge in [0.2, 0.25) is 0 Å². The quantitative estimate of drug-likeness (QED) is 0.318. The Morgan fingerprint density at radius 3 is 2.44 bits per heavy atom. The largest absolute Gasteiger partial charge is 0.494 e. The molecule has 0 amide bonds. The number of rotatable bonds is 8. The highest BCUT2D eigenvalue weighted by atomic mass is 32.2. The van der Waals surface area contributed by atoms with Crippen molar-refractivity contribution >= 4 is 28.5 Å². The van der Waals surface area contributed by atoms with E-state index in [9.17, 15) is 0 Å². The zero-order chi connectivity index (χ0) is 23.3. The minimum atomic E-state index is 0.485. The molecule has 0 radical (unpaired) electrons. The van der Waals surface area contributed by atoms with Crippen LogP contribution in [-0.2, 0) is 12.2 Å². The van der Waals surface area contributed by atoms with E-state index in [2.05, 4.69) is 36.9 Å². The summed E-state index contributed by atoms with van der Waals surface area (Å²) in [6.45, 7) is 2.60. The summed E-state index contributed by atoms with van der Waals surface area (Å²) in [4.78, 5) is 9.17. The fourth-order valence-electron chi connectivity index (χ4n) is 3.75. The van der Waals surface area contributed by atoms with Gasteiger partial charge in [0.15, 0.2) is 5.16 Å². The summed E-state index contributed by atoms with van der Waals surface area (Å²) in [7, 11) is 0. The molecule has 2 heterocycles. The maximum Gasteiger partial charge on any atom is 0.196 e. The Kier molecular flexibility index (Phi) is 6.40. The van der Waals surface area contributed by atoms with Gasteiger partial charge in [-0.25, -0.2) is 9.97 Å². The molecule has 5 rings (SSSR count). The fourth-order valence-corrected chi connectivity index (χ4v) is 4.57. The van der Waals surface area contributed by atoms with Crippen molar-refractivity contribution in [1.29, 1.82) is 0 Å². The van der Waals surface area contributed by atoms with E-state index in [-0.39, 0.29) is 0 Å². The van der Waals surface area contributed by atoms with E-state index >= 15 is 0 Å². The SMILES string of the molecule is CCOc1ccc(-n2c(Cc3ccccc3)nnc2SCc2nc(N)c3ccccc3n2)cc1. The second-order valence-electron chi connectivity index (χ2n) is 7.65. The van der Waals surface area contributed by atoms with Gasteiger partial charge in [0, 0.05) is 17.5 Å². The van der Waals surface area contributed by atoms with E-state index in [1.54, 1.807) is 0 Å². The molecule has 34 heavy (non-hydrogen) atoms. The molecule has 0 bridgehead atoms. The lowest BCUT2D eigenvalue weighted by atomic mass is 10.1. The van der Waals surface area contributed by atoms with Crippen molar-refractivity contribution in [3.63, 3.8) is 0 Å². The molecular weight excluding hydrogens is 444 g/mol. The van der Waals surface area contributed by atoms with Crippen LogP contribution in [0.3, 0.4) is 0 Å². The van der Waals surface area contributed by atoms with Gasteiger partial charge < -0.3 is 10.5 Å². The zero-order valence-corrected chi connectivity index (χ0v) is 19.6. The average Bonchev–Trinajstić information content (AvgIpc) is 3.26. The molecule has 0 spiro atoms. The number of aromatic nitrogens is 5. The van der Waals surface area contributed by atoms with Crippen LogP contribution in [-0.4, -0.2) is 31.3 Å². The van der Waals surface area contributed by atoms with Crippen molar-refractivity contribution in [1.82, 2.24) is 24.7 Å². The summed E-state index contributed by atoms with van der Waals surface area (Å²) in [5, 5.41) is 10.7. The third-order valence-corrected chi connectivity index (χ3v) is 6.25. The first kappa shape index (κ1) is 21.9. The molecule has 2 aromatic heterocycles. The zero-order valence-electron chi connectivity index (χ0n) is 18.8. The fraction of sp³-hybridized carbons (Fsp3) is 0.154. The highest BCUT2D eigenvalue weighted by Gasteiger charge is 2.16. The predicted molar refractivity (Wildman–Crippen MR) is 135 cm³/mol. The van der Waals surface area contributed by atoms with Gasteiger partial charge in [0.25, 0.3) is 0 Å². The van der Waals surface area contributed by atoms with Crippen molar-refractivity contribution in [2.75, 3.05) is 12.3 Å². The number of nitrogen functional groups attached to an aromatic ring is 1. The Hall–Kier alpha value is -3.91. The highest BCUT2D eigenvalue weighted by molar-refractivity contribution is 7.98. The lowest BCUT2D eigenvalue weighted by molar-refractivity contribution is 0.340. The number of hydrogen-bond acceptors (Lipinski definition) is 7. The van der Waals surface area contributed by atoms with Crippen LogP contribution in [0.5, 0.6) is 5.75 Å². The van der Waals surface area contributed by atoms with Crippen molar-refractivity contribution < 1.29 is 4.74 Å². The molecule has 0 aliphatic heterocycles. The normalized spacial score (nSPS) is 11.1. The monoisotopic (exact) mass is 468 g/mol. The van der Waals surface area contributed by atoms with Crippen LogP contribution in [0.1, 0.15) is 24.1 Å². The van der Waals surface area contributed by atoms with Crippen LogP contribution in [0.4, 0.5) is 5.82 Å². The van der Waals surface area contributed by atoms with E-state index in [4.69, 9.17) is 10.5 Å². The lowest BCUT2D eigenvalue weighted by Crippen LogP contribution is -2.05.